The molecule has 2 heterocycles. The second-order valence-electron chi connectivity index (χ2n) is 12.9. The predicted octanol–water partition coefficient (Wildman–Crippen LogP) is 2.79. The van der Waals surface area contributed by atoms with Gasteiger partial charge in [0.05, 0.1) is 18.8 Å². The van der Waals surface area contributed by atoms with Crippen LogP contribution in [-0.4, -0.2) is 81.3 Å². The molecule has 0 aliphatic carbocycles. The number of primary sulfonamides is 1. The van der Waals surface area contributed by atoms with Crippen molar-refractivity contribution in [2.45, 2.75) is 24.9 Å². The van der Waals surface area contributed by atoms with Crippen molar-refractivity contribution in [1.29, 1.82) is 0 Å². The summed E-state index contributed by atoms with van der Waals surface area (Å²) in [6, 6.07) is 22.2. The fraction of sp³-hybridized carbons (Fsp3) is 0.237. The van der Waals surface area contributed by atoms with Gasteiger partial charge in [-0.15, -0.1) is 0 Å². The molecule has 4 bridgehead atoms. The van der Waals surface area contributed by atoms with Crippen LogP contribution in [0.1, 0.15) is 33.9 Å². The standard InChI is InChI=1S/C38H37ClN6O8S/c1-45(34(47)21-43-36(48)25-6-4-23(5-7-25)24-8-11-27(39)12-9-24)35-26-10-14-32-29(19-26)28-17-22(3-13-31(28)53-32)18-30(44-33(46)20-42-38(35)50)37(49)41-15-2-16-54(40,51)52/h3-14,17,19,30,35H,2,15-16,18,20-21H2,1H3,(H,41,49)(H,42,50)(H,43,48)(H,44,46)(H2,40,51,52). The molecule has 0 radical (unpaired) electrons. The van der Waals surface area contributed by atoms with Crippen molar-refractivity contribution in [2.75, 3.05) is 32.4 Å². The maximum atomic E-state index is 13.8. The van der Waals surface area contributed by atoms with E-state index < -0.39 is 64.7 Å². The molecule has 6 rings (SSSR count). The van der Waals surface area contributed by atoms with Gasteiger partial charge < -0.3 is 30.6 Å². The molecular formula is C38H37ClN6O8S. The predicted molar refractivity (Wildman–Crippen MR) is 203 cm³/mol. The molecule has 4 aromatic carbocycles. The highest BCUT2D eigenvalue weighted by atomic mass is 35.5. The molecule has 5 amide bonds. The molecule has 1 aliphatic heterocycles. The number of sulfonamides is 1. The van der Waals surface area contributed by atoms with Crippen LogP contribution in [0, 0.1) is 0 Å². The van der Waals surface area contributed by atoms with Gasteiger partial charge in [-0.25, -0.2) is 13.6 Å². The van der Waals surface area contributed by atoms with E-state index in [1.54, 1.807) is 66.7 Å². The lowest BCUT2D eigenvalue weighted by Gasteiger charge is -2.28. The van der Waals surface area contributed by atoms with Gasteiger partial charge in [0.1, 0.15) is 23.2 Å². The van der Waals surface area contributed by atoms with Gasteiger partial charge in [-0.2, -0.15) is 0 Å². The Hall–Kier alpha value is -5.77. The number of hydrogen-bond acceptors (Lipinski definition) is 8. The fourth-order valence-corrected chi connectivity index (χ4v) is 6.91. The van der Waals surface area contributed by atoms with Crippen LogP contribution >= 0.6 is 11.6 Å². The normalized spacial score (nSPS) is 16.2. The molecule has 1 aromatic heterocycles. The fourth-order valence-electron chi connectivity index (χ4n) is 6.24. The Morgan fingerprint density at radius 2 is 1.56 bits per heavy atom. The molecule has 0 fully saturated rings. The molecule has 6 N–H and O–H groups in total. The molecule has 280 valence electrons. The van der Waals surface area contributed by atoms with Crippen molar-refractivity contribution in [3.8, 4) is 11.1 Å². The Balaban J connectivity index is 1.21. The SMILES string of the molecule is CN(C(=O)CNC(=O)c1ccc(-c2ccc(Cl)cc2)cc1)C1C(=O)NCC(=O)NC(C(=O)NCCCS(N)(=O)=O)Cc2ccc3oc4ccc1cc4c3c2. The quantitative estimate of drug-likeness (QED) is 0.133. The zero-order valence-electron chi connectivity index (χ0n) is 29.1. The summed E-state index contributed by atoms with van der Waals surface area (Å²) in [4.78, 5) is 67.9. The van der Waals surface area contributed by atoms with Gasteiger partial charge in [0.2, 0.25) is 33.7 Å². The third-order valence-electron chi connectivity index (χ3n) is 9.05. The number of carbonyl (C=O) groups is 5. The van der Waals surface area contributed by atoms with Gasteiger partial charge in [-0.1, -0.05) is 48.0 Å². The van der Waals surface area contributed by atoms with E-state index in [0.29, 0.717) is 43.7 Å². The minimum absolute atomic E-state index is 0.00561. The average Bonchev–Trinajstić information content (AvgIpc) is 3.51. The molecule has 16 heteroatoms. The number of benzene rings is 4. The Morgan fingerprint density at radius 3 is 2.24 bits per heavy atom. The van der Waals surface area contributed by atoms with Crippen LogP contribution < -0.4 is 26.4 Å². The number of carbonyl (C=O) groups excluding carboxylic acids is 5. The van der Waals surface area contributed by atoms with Gasteiger partial charge in [0.25, 0.3) is 5.91 Å². The second-order valence-corrected chi connectivity index (χ2v) is 15.1. The number of fused-ring (bicyclic) bond motifs is 2. The molecule has 54 heavy (non-hydrogen) atoms. The number of hydrogen-bond donors (Lipinski definition) is 5. The van der Waals surface area contributed by atoms with E-state index in [1.807, 2.05) is 18.2 Å². The lowest BCUT2D eigenvalue weighted by molar-refractivity contribution is -0.139. The number of halogens is 1. The van der Waals surface area contributed by atoms with E-state index in [2.05, 4.69) is 21.3 Å². The Labute approximate surface area is 315 Å². The summed E-state index contributed by atoms with van der Waals surface area (Å²) >= 11 is 5.99. The first-order valence-corrected chi connectivity index (χ1v) is 19.1. The topological polar surface area (TPSA) is 210 Å². The summed E-state index contributed by atoms with van der Waals surface area (Å²) in [6.45, 7) is -0.939. The molecule has 1 aliphatic rings. The van der Waals surface area contributed by atoms with Gasteiger partial charge in [-0.05, 0) is 77.2 Å². The largest absolute Gasteiger partial charge is 0.456 e. The molecule has 0 saturated carbocycles. The monoisotopic (exact) mass is 772 g/mol. The van der Waals surface area contributed by atoms with Crippen molar-refractivity contribution in [3.63, 3.8) is 0 Å². The van der Waals surface area contributed by atoms with Gasteiger partial charge in [0.15, 0.2) is 0 Å². The summed E-state index contributed by atoms with van der Waals surface area (Å²) in [5, 5.41) is 17.5. The van der Waals surface area contributed by atoms with Crippen LogP contribution in [0.4, 0.5) is 0 Å². The molecular weight excluding hydrogens is 736 g/mol. The van der Waals surface area contributed by atoms with Crippen LogP contribution in [0.3, 0.4) is 0 Å². The third-order valence-corrected chi connectivity index (χ3v) is 10.2. The molecule has 14 nitrogen and oxygen atoms in total. The highest BCUT2D eigenvalue weighted by Gasteiger charge is 2.31. The van der Waals surface area contributed by atoms with E-state index in [9.17, 15) is 32.4 Å². The summed E-state index contributed by atoms with van der Waals surface area (Å²) in [5.74, 6) is -3.31. The van der Waals surface area contributed by atoms with Gasteiger partial charge in [0, 0.05) is 41.4 Å². The smallest absolute Gasteiger partial charge is 0.251 e. The molecule has 0 saturated heterocycles. The van der Waals surface area contributed by atoms with Crippen molar-refractivity contribution >= 4 is 73.1 Å². The highest BCUT2D eigenvalue weighted by molar-refractivity contribution is 7.89. The number of nitrogens with zero attached hydrogens (tertiary/aromatic N) is 1. The lowest BCUT2D eigenvalue weighted by Crippen LogP contribution is -2.52. The van der Waals surface area contributed by atoms with E-state index in [1.165, 1.54) is 11.9 Å². The van der Waals surface area contributed by atoms with E-state index in [4.69, 9.17) is 21.2 Å². The van der Waals surface area contributed by atoms with Crippen LogP contribution in [0.5, 0.6) is 0 Å². The van der Waals surface area contributed by atoms with Crippen LogP contribution in [0.2, 0.25) is 5.02 Å². The zero-order chi connectivity index (χ0) is 38.6. The molecule has 2 unspecified atom stereocenters. The van der Waals surface area contributed by atoms with E-state index >= 15 is 0 Å². The third kappa shape index (κ3) is 9.05. The summed E-state index contributed by atoms with van der Waals surface area (Å²) in [5.41, 5.74) is 4.33. The number of amides is 5. The minimum Gasteiger partial charge on any atom is -0.456 e. The molecule has 0 spiro atoms. The maximum absolute atomic E-state index is 13.8. The minimum atomic E-state index is -3.72. The van der Waals surface area contributed by atoms with E-state index in [0.717, 1.165) is 11.1 Å². The van der Waals surface area contributed by atoms with Crippen LogP contribution in [0.15, 0.2) is 89.3 Å². The number of rotatable bonds is 10. The first kappa shape index (κ1) is 38.0. The van der Waals surface area contributed by atoms with Crippen LogP contribution in [-0.2, 0) is 35.6 Å². The summed E-state index contributed by atoms with van der Waals surface area (Å²) in [7, 11) is -2.29. The summed E-state index contributed by atoms with van der Waals surface area (Å²) in [6.07, 6.45) is 0.160. The average molecular weight is 773 g/mol. The van der Waals surface area contributed by atoms with Crippen LogP contribution in [0.25, 0.3) is 33.1 Å². The zero-order valence-corrected chi connectivity index (χ0v) is 30.6. The Kier molecular flexibility index (Phi) is 11.3. The number of furan rings is 1. The first-order chi connectivity index (χ1) is 25.8. The molecule has 2 atom stereocenters. The van der Waals surface area contributed by atoms with Crippen molar-refractivity contribution < 1.29 is 36.8 Å². The lowest BCUT2D eigenvalue weighted by atomic mass is 9.99. The van der Waals surface area contributed by atoms with E-state index in [-0.39, 0.29) is 25.1 Å². The van der Waals surface area contributed by atoms with Gasteiger partial charge in [-0.3, -0.25) is 24.0 Å². The second kappa shape index (κ2) is 16.1. The number of likely N-dealkylation sites (N-methyl/N-ethyl adjacent to an activating group) is 1. The highest BCUT2D eigenvalue weighted by Crippen LogP contribution is 2.33. The molecule has 5 aromatic rings. The maximum Gasteiger partial charge on any atom is 0.251 e. The number of nitrogens with two attached hydrogens (primary N) is 1. The Morgan fingerprint density at radius 1 is 0.907 bits per heavy atom. The number of nitrogens with one attached hydrogen (secondary N) is 4. The van der Waals surface area contributed by atoms with Crippen molar-refractivity contribution in [1.82, 2.24) is 26.2 Å². The van der Waals surface area contributed by atoms with Gasteiger partial charge >= 0.3 is 0 Å². The Bertz CT molecular complexity index is 2360. The summed E-state index contributed by atoms with van der Waals surface area (Å²) < 4.78 is 28.6. The van der Waals surface area contributed by atoms with Crippen molar-refractivity contribution in [2.24, 2.45) is 5.14 Å². The first-order valence-electron chi connectivity index (χ1n) is 17.0. The van der Waals surface area contributed by atoms with Crippen molar-refractivity contribution in [3.05, 3.63) is 107 Å².